The van der Waals surface area contributed by atoms with Gasteiger partial charge in [0.15, 0.2) is 0 Å². The summed E-state index contributed by atoms with van der Waals surface area (Å²) in [5.74, 6) is 0.695. The second-order valence-electron chi connectivity index (χ2n) is 4.56. The average molecular weight is 263 g/mol. The Morgan fingerprint density at radius 3 is 2.79 bits per heavy atom. The molecule has 0 unspecified atom stereocenters. The van der Waals surface area contributed by atoms with E-state index in [-0.39, 0.29) is 6.03 Å². The molecule has 0 radical (unpaired) electrons. The van der Waals surface area contributed by atoms with Crippen LogP contribution in [0.4, 0.5) is 10.5 Å². The van der Waals surface area contributed by atoms with Gasteiger partial charge in [-0.25, -0.2) is 4.79 Å². The van der Waals surface area contributed by atoms with E-state index in [0.29, 0.717) is 5.75 Å². The first kappa shape index (κ1) is 13.7. The van der Waals surface area contributed by atoms with Gasteiger partial charge in [0.2, 0.25) is 0 Å². The van der Waals surface area contributed by atoms with Crippen molar-refractivity contribution in [3.8, 4) is 5.75 Å². The van der Waals surface area contributed by atoms with Gasteiger partial charge in [-0.2, -0.15) is 0 Å². The molecule has 0 spiro atoms. The molecule has 1 fully saturated rings. The van der Waals surface area contributed by atoms with Gasteiger partial charge in [-0.1, -0.05) is 13.0 Å². The summed E-state index contributed by atoms with van der Waals surface area (Å²) < 4.78 is 5.29. The lowest BCUT2D eigenvalue weighted by atomic mass is 10.1. The normalized spacial score (nSPS) is 15.2. The van der Waals surface area contributed by atoms with E-state index in [1.54, 1.807) is 7.11 Å². The highest BCUT2D eigenvalue weighted by Crippen LogP contribution is 2.26. The van der Waals surface area contributed by atoms with Crippen molar-refractivity contribution in [2.45, 2.75) is 13.3 Å². The molecule has 5 heteroatoms. The quantitative estimate of drug-likeness (QED) is 0.872. The molecule has 2 amide bonds. The number of nitrogens with zero attached hydrogens (tertiary/aromatic N) is 1. The summed E-state index contributed by atoms with van der Waals surface area (Å²) in [5, 5.41) is 6.17. The number of urea groups is 1. The van der Waals surface area contributed by atoms with Crippen molar-refractivity contribution >= 4 is 11.7 Å². The third-order valence-electron chi connectivity index (χ3n) is 3.32. The predicted octanol–water partition coefficient (Wildman–Crippen LogP) is 1.69. The molecule has 0 aliphatic carbocycles. The van der Waals surface area contributed by atoms with Crippen molar-refractivity contribution in [1.29, 1.82) is 0 Å². The van der Waals surface area contributed by atoms with Gasteiger partial charge < -0.3 is 20.3 Å². The molecule has 2 rings (SSSR count). The van der Waals surface area contributed by atoms with Gasteiger partial charge in [0.25, 0.3) is 0 Å². The van der Waals surface area contributed by atoms with Crippen molar-refractivity contribution in [3.63, 3.8) is 0 Å². The number of ether oxygens (including phenoxy) is 1. The van der Waals surface area contributed by atoms with Crippen molar-refractivity contribution in [2.75, 3.05) is 38.6 Å². The van der Waals surface area contributed by atoms with E-state index in [2.05, 4.69) is 17.6 Å². The Balaban J connectivity index is 2.10. The van der Waals surface area contributed by atoms with Crippen LogP contribution in [0.25, 0.3) is 0 Å². The van der Waals surface area contributed by atoms with Gasteiger partial charge in [-0.15, -0.1) is 0 Å². The Bertz CT molecular complexity index is 442. The zero-order valence-corrected chi connectivity index (χ0v) is 11.5. The molecule has 5 nitrogen and oxygen atoms in total. The van der Waals surface area contributed by atoms with E-state index in [4.69, 9.17) is 4.74 Å². The van der Waals surface area contributed by atoms with Crippen molar-refractivity contribution in [2.24, 2.45) is 0 Å². The van der Waals surface area contributed by atoms with Crippen LogP contribution in [0, 0.1) is 0 Å². The number of amides is 2. The van der Waals surface area contributed by atoms with Crippen LogP contribution in [-0.2, 0) is 6.42 Å². The van der Waals surface area contributed by atoms with Crippen LogP contribution in [0.1, 0.15) is 12.5 Å². The minimum atomic E-state index is -0.0620. The number of nitrogens with one attached hydrogen (secondary N) is 2. The molecule has 1 heterocycles. The molecule has 0 saturated carbocycles. The smallest absolute Gasteiger partial charge is 0.322 e. The number of aryl methyl sites for hydroxylation is 1. The molecule has 1 saturated heterocycles. The minimum Gasteiger partial charge on any atom is -0.495 e. The number of benzene rings is 1. The fourth-order valence-corrected chi connectivity index (χ4v) is 2.13. The molecule has 19 heavy (non-hydrogen) atoms. The van der Waals surface area contributed by atoms with Crippen LogP contribution in [0.5, 0.6) is 5.75 Å². The van der Waals surface area contributed by atoms with Crippen LogP contribution in [0.2, 0.25) is 0 Å². The maximum atomic E-state index is 12.2. The van der Waals surface area contributed by atoms with Crippen LogP contribution in [0.3, 0.4) is 0 Å². The third kappa shape index (κ3) is 3.38. The molecule has 1 aromatic rings. The van der Waals surface area contributed by atoms with Gasteiger partial charge >= 0.3 is 6.03 Å². The van der Waals surface area contributed by atoms with Gasteiger partial charge in [0.1, 0.15) is 5.75 Å². The topological polar surface area (TPSA) is 53.6 Å². The molecular weight excluding hydrogens is 242 g/mol. The summed E-state index contributed by atoms with van der Waals surface area (Å²) in [7, 11) is 1.61. The Morgan fingerprint density at radius 2 is 2.16 bits per heavy atom. The summed E-state index contributed by atoms with van der Waals surface area (Å²) in [6, 6.07) is 5.82. The van der Waals surface area contributed by atoms with Crippen LogP contribution in [0.15, 0.2) is 18.2 Å². The molecule has 0 bridgehead atoms. The number of methoxy groups -OCH3 is 1. The largest absolute Gasteiger partial charge is 0.495 e. The summed E-state index contributed by atoms with van der Waals surface area (Å²) in [6.45, 7) is 5.26. The predicted molar refractivity (Wildman–Crippen MR) is 75.8 cm³/mol. The van der Waals surface area contributed by atoms with Crippen LogP contribution in [-0.4, -0.2) is 44.2 Å². The molecule has 0 aromatic heterocycles. The van der Waals surface area contributed by atoms with E-state index in [1.165, 1.54) is 5.56 Å². The summed E-state index contributed by atoms with van der Waals surface area (Å²) in [5.41, 5.74) is 1.92. The zero-order valence-electron chi connectivity index (χ0n) is 11.5. The lowest BCUT2D eigenvalue weighted by Crippen LogP contribution is -2.48. The standard InChI is InChI=1S/C14H21N3O2/c1-3-11-4-5-13(19-2)12(10-11)16-14(18)17-8-6-15-7-9-17/h4-5,10,15H,3,6-9H2,1-2H3,(H,16,18). The Hall–Kier alpha value is -1.75. The fourth-order valence-electron chi connectivity index (χ4n) is 2.13. The van der Waals surface area contributed by atoms with Crippen LogP contribution >= 0.6 is 0 Å². The molecule has 1 aliphatic rings. The van der Waals surface area contributed by atoms with Gasteiger partial charge in [-0.3, -0.25) is 0 Å². The highest BCUT2D eigenvalue weighted by molar-refractivity contribution is 5.91. The lowest BCUT2D eigenvalue weighted by molar-refractivity contribution is 0.203. The second kappa shape index (κ2) is 6.43. The first-order valence-corrected chi connectivity index (χ1v) is 6.68. The zero-order chi connectivity index (χ0) is 13.7. The molecule has 104 valence electrons. The number of carbonyl (C=O) groups is 1. The number of carbonyl (C=O) groups excluding carboxylic acids is 1. The van der Waals surface area contributed by atoms with Gasteiger partial charge in [-0.05, 0) is 24.1 Å². The molecule has 1 aliphatic heterocycles. The maximum absolute atomic E-state index is 12.2. The van der Waals surface area contributed by atoms with Crippen molar-refractivity contribution in [1.82, 2.24) is 10.2 Å². The van der Waals surface area contributed by atoms with Gasteiger partial charge in [0, 0.05) is 26.2 Å². The van der Waals surface area contributed by atoms with E-state index < -0.39 is 0 Å². The summed E-state index contributed by atoms with van der Waals surface area (Å²) in [4.78, 5) is 14.0. The molecular formula is C14H21N3O2. The number of hydrogen-bond donors (Lipinski definition) is 2. The number of piperazine rings is 1. The van der Waals surface area contributed by atoms with E-state index >= 15 is 0 Å². The summed E-state index contributed by atoms with van der Waals surface area (Å²) >= 11 is 0. The number of rotatable bonds is 3. The minimum absolute atomic E-state index is 0.0620. The number of hydrogen-bond acceptors (Lipinski definition) is 3. The summed E-state index contributed by atoms with van der Waals surface area (Å²) in [6.07, 6.45) is 0.931. The van der Waals surface area contributed by atoms with Crippen molar-refractivity contribution in [3.05, 3.63) is 23.8 Å². The fraction of sp³-hybridized carbons (Fsp3) is 0.500. The first-order valence-electron chi connectivity index (χ1n) is 6.68. The molecule has 2 N–H and O–H groups in total. The average Bonchev–Trinajstić information content (AvgIpc) is 2.48. The highest BCUT2D eigenvalue weighted by Gasteiger charge is 2.17. The monoisotopic (exact) mass is 263 g/mol. The SMILES string of the molecule is CCc1ccc(OC)c(NC(=O)N2CCNCC2)c1. The molecule has 0 atom stereocenters. The number of anilines is 1. The Labute approximate surface area is 113 Å². The van der Waals surface area contributed by atoms with Gasteiger partial charge in [0.05, 0.1) is 12.8 Å². The first-order chi connectivity index (χ1) is 9.24. The van der Waals surface area contributed by atoms with E-state index in [1.807, 2.05) is 23.1 Å². The van der Waals surface area contributed by atoms with E-state index in [0.717, 1.165) is 38.3 Å². The Kier molecular flexibility index (Phi) is 4.63. The second-order valence-corrected chi connectivity index (χ2v) is 4.56. The lowest BCUT2D eigenvalue weighted by Gasteiger charge is -2.27. The van der Waals surface area contributed by atoms with E-state index in [9.17, 15) is 4.79 Å². The third-order valence-corrected chi connectivity index (χ3v) is 3.32. The van der Waals surface area contributed by atoms with Crippen LogP contribution < -0.4 is 15.4 Å². The highest BCUT2D eigenvalue weighted by atomic mass is 16.5. The van der Waals surface area contributed by atoms with Crippen molar-refractivity contribution < 1.29 is 9.53 Å². The molecule has 1 aromatic carbocycles. The Morgan fingerprint density at radius 1 is 1.42 bits per heavy atom. The maximum Gasteiger partial charge on any atom is 0.322 e.